The third-order valence-electron chi connectivity index (χ3n) is 6.08. The quantitative estimate of drug-likeness (QED) is 0.278. The van der Waals surface area contributed by atoms with Crippen LogP contribution in [-0.4, -0.2) is 31.8 Å². The van der Waals surface area contributed by atoms with Gasteiger partial charge in [-0.3, -0.25) is 18.7 Å². The van der Waals surface area contributed by atoms with Crippen molar-refractivity contribution in [3.63, 3.8) is 0 Å². The lowest BCUT2D eigenvalue weighted by Gasteiger charge is -2.23. The van der Waals surface area contributed by atoms with E-state index in [-0.39, 0.29) is 28.2 Å². The van der Waals surface area contributed by atoms with Crippen LogP contribution in [0.2, 0.25) is 0 Å². The molecule has 0 aliphatic carbocycles. The number of thioether (sulfide) groups is 1. The van der Waals surface area contributed by atoms with E-state index < -0.39 is 0 Å². The van der Waals surface area contributed by atoms with Gasteiger partial charge in [-0.25, -0.2) is 4.79 Å². The van der Waals surface area contributed by atoms with Gasteiger partial charge >= 0.3 is 11.7 Å². The number of aromatic nitrogens is 2. The molecule has 0 aliphatic rings. The van der Waals surface area contributed by atoms with Gasteiger partial charge in [0.15, 0.2) is 0 Å². The van der Waals surface area contributed by atoms with Crippen LogP contribution in [0.3, 0.4) is 0 Å². The summed E-state index contributed by atoms with van der Waals surface area (Å²) >= 11 is 1.91. The van der Waals surface area contributed by atoms with E-state index in [4.69, 9.17) is 4.74 Å². The Balaban J connectivity index is 0.00000124. The van der Waals surface area contributed by atoms with Gasteiger partial charge in [-0.15, -0.1) is 11.8 Å². The van der Waals surface area contributed by atoms with Crippen molar-refractivity contribution >= 4 is 23.4 Å². The zero-order chi connectivity index (χ0) is 27.3. The molecule has 0 fully saturated rings. The molecule has 3 unspecified atom stereocenters. The normalized spacial score (nSPS) is 13.9. The highest BCUT2D eigenvalue weighted by Crippen LogP contribution is 2.26. The number of carbonyl (C=O) groups is 1. The van der Waals surface area contributed by atoms with Crippen molar-refractivity contribution in [3.05, 3.63) is 26.5 Å². The molecule has 1 rings (SSSR count). The van der Waals surface area contributed by atoms with Gasteiger partial charge in [-0.05, 0) is 64.5 Å². The van der Waals surface area contributed by atoms with Crippen molar-refractivity contribution < 1.29 is 9.53 Å². The first-order chi connectivity index (χ1) is 16.2. The third-order valence-corrected chi connectivity index (χ3v) is 7.60. The van der Waals surface area contributed by atoms with E-state index in [9.17, 15) is 14.4 Å². The summed E-state index contributed by atoms with van der Waals surface area (Å²) in [7, 11) is 3.25. The second kappa shape index (κ2) is 16.1. The molecule has 3 atom stereocenters. The largest absolute Gasteiger partial charge is 0.460 e. The zero-order valence-corrected chi connectivity index (χ0v) is 24.9. The van der Waals surface area contributed by atoms with Crippen LogP contribution < -0.4 is 16.6 Å². The Hall–Kier alpha value is -1.70. The van der Waals surface area contributed by atoms with E-state index in [2.05, 4.69) is 33.0 Å². The van der Waals surface area contributed by atoms with Gasteiger partial charge in [-0.1, -0.05) is 47.0 Å². The lowest BCUT2D eigenvalue weighted by Crippen LogP contribution is -2.40. The number of hydrogen-bond acceptors (Lipinski definition) is 6. The van der Waals surface area contributed by atoms with E-state index in [1.54, 1.807) is 7.05 Å². The topological polar surface area (TPSA) is 82.3 Å². The van der Waals surface area contributed by atoms with E-state index in [0.29, 0.717) is 11.4 Å². The molecule has 0 aliphatic heterocycles. The van der Waals surface area contributed by atoms with Gasteiger partial charge in [0.1, 0.15) is 11.3 Å². The van der Waals surface area contributed by atoms with Crippen molar-refractivity contribution in [2.45, 2.75) is 112 Å². The Morgan fingerprint density at radius 2 is 1.63 bits per heavy atom. The summed E-state index contributed by atoms with van der Waals surface area (Å²) in [6.45, 7) is 17.8. The molecular formula is C27H51N3O4S. The van der Waals surface area contributed by atoms with Gasteiger partial charge in [-0.2, -0.15) is 0 Å². The first-order valence-electron chi connectivity index (χ1n) is 13.0. The van der Waals surface area contributed by atoms with Gasteiger partial charge < -0.3 is 10.1 Å². The average Bonchev–Trinajstić information content (AvgIpc) is 2.77. The molecule has 8 heteroatoms. The van der Waals surface area contributed by atoms with E-state index in [0.717, 1.165) is 24.0 Å². The number of ether oxygens (including phenoxy) is 1. The predicted molar refractivity (Wildman–Crippen MR) is 150 cm³/mol. The molecule has 1 aromatic heterocycles. The summed E-state index contributed by atoms with van der Waals surface area (Å²) in [4.78, 5) is 34.8. The molecule has 1 N–H and O–H groups in total. The maximum atomic E-state index is 12.5. The molecule has 0 amide bonds. The standard InChI is InChI=1S/C21H39N3O2S.C6H12O2/c1-8-11-17(13-12-15(4)9-2)14-27-18(10-3)22-19-16(5)23(6)21(26)24(7)20(19)25;1-5(7)8-6(2,3)4/h15,17-18,22H,8-14H2,1-7H3;1-4H3. The van der Waals surface area contributed by atoms with Gasteiger partial charge in [0.2, 0.25) is 0 Å². The SMILES string of the molecule is CC(=O)OC(C)(C)C.CCCC(CCC(C)CC)CSC(CC)Nc1c(C)n(C)c(=O)n(C)c1=O. The molecule has 0 bridgehead atoms. The first kappa shape index (κ1) is 33.3. The number of esters is 1. The fraction of sp³-hybridized carbons (Fsp3) is 0.815. The smallest absolute Gasteiger partial charge is 0.330 e. The number of nitrogens with zero attached hydrogens (tertiary/aromatic N) is 2. The van der Waals surface area contributed by atoms with Crippen molar-refractivity contribution in [1.82, 2.24) is 9.13 Å². The maximum Gasteiger partial charge on any atom is 0.330 e. The Morgan fingerprint density at radius 3 is 2.06 bits per heavy atom. The molecule has 0 aromatic carbocycles. The summed E-state index contributed by atoms with van der Waals surface area (Å²) in [6.07, 6.45) is 7.25. The Kier molecular flexibility index (Phi) is 15.3. The summed E-state index contributed by atoms with van der Waals surface area (Å²) in [5.41, 5.74) is 0.397. The summed E-state index contributed by atoms with van der Waals surface area (Å²) < 4.78 is 7.51. The number of rotatable bonds is 12. The van der Waals surface area contributed by atoms with Crippen molar-refractivity contribution in [3.8, 4) is 0 Å². The second-order valence-electron chi connectivity index (χ2n) is 10.5. The number of hydrogen-bond donors (Lipinski definition) is 1. The first-order valence-corrected chi connectivity index (χ1v) is 14.1. The molecule has 7 nitrogen and oxygen atoms in total. The number of carbonyl (C=O) groups excluding carboxylic acids is 1. The molecular weight excluding hydrogens is 462 g/mol. The maximum absolute atomic E-state index is 12.5. The average molecular weight is 514 g/mol. The molecule has 0 spiro atoms. The van der Waals surface area contributed by atoms with Crippen LogP contribution in [0.1, 0.15) is 99.6 Å². The second-order valence-corrected chi connectivity index (χ2v) is 11.7. The predicted octanol–water partition coefficient (Wildman–Crippen LogP) is 5.86. The van der Waals surface area contributed by atoms with Crippen molar-refractivity contribution in [2.24, 2.45) is 25.9 Å². The zero-order valence-electron chi connectivity index (χ0n) is 24.1. The summed E-state index contributed by atoms with van der Waals surface area (Å²) in [6, 6.07) is 0. The fourth-order valence-electron chi connectivity index (χ4n) is 3.66. The third kappa shape index (κ3) is 12.7. The highest BCUT2D eigenvalue weighted by atomic mass is 32.2. The van der Waals surface area contributed by atoms with Gasteiger partial charge in [0.05, 0.1) is 5.37 Å². The minimum atomic E-state index is -0.328. The summed E-state index contributed by atoms with van der Waals surface area (Å²) in [5, 5.41) is 3.60. The highest BCUT2D eigenvalue weighted by Gasteiger charge is 2.18. The monoisotopic (exact) mass is 513 g/mol. The van der Waals surface area contributed by atoms with Crippen LogP contribution in [0, 0.1) is 18.8 Å². The van der Waals surface area contributed by atoms with Gasteiger partial charge in [0, 0.05) is 26.7 Å². The Labute approximate surface area is 217 Å². The highest BCUT2D eigenvalue weighted by molar-refractivity contribution is 8.00. The number of nitrogens with one attached hydrogen (secondary N) is 1. The molecule has 1 heterocycles. The molecule has 204 valence electrons. The van der Waals surface area contributed by atoms with Crippen LogP contribution in [-0.2, 0) is 23.6 Å². The van der Waals surface area contributed by atoms with Crippen LogP contribution in [0.15, 0.2) is 9.59 Å². The van der Waals surface area contributed by atoms with E-state index in [1.807, 2.05) is 39.5 Å². The summed E-state index contributed by atoms with van der Waals surface area (Å²) in [5.74, 6) is 2.41. The Morgan fingerprint density at radius 1 is 1.03 bits per heavy atom. The van der Waals surface area contributed by atoms with Crippen molar-refractivity contribution in [1.29, 1.82) is 0 Å². The van der Waals surface area contributed by atoms with Crippen LogP contribution >= 0.6 is 11.8 Å². The fourth-order valence-corrected chi connectivity index (χ4v) is 4.94. The Bertz CT molecular complexity index is 886. The lowest BCUT2D eigenvalue weighted by molar-refractivity contribution is -0.151. The molecule has 0 saturated carbocycles. The molecule has 0 radical (unpaired) electrons. The minimum Gasteiger partial charge on any atom is -0.460 e. The van der Waals surface area contributed by atoms with Crippen LogP contribution in [0.25, 0.3) is 0 Å². The van der Waals surface area contributed by atoms with E-state index in [1.165, 1.54) is 55.2 Å². The lowest BCUT2D eigenvalue weighted by atomic mass is 9.94. The molecule has 1 aromatic rings. The molecule has 35 heavy (non-hydrogen) atoms. The van der Waals surface area contributed by atoms with Gasteiger partial charge in [0.25, 0.3) is 5.56 Å². The van der Waals surface area contributed by atoms with Crippen LogP contribution in [0.5, 0.6) is 0 Å². The molecule has 0 saturated heterocycles. The van der Waals surface area contributed by atoms with E-state index >= 15 is 0 Å². The van der Waals surface area contributed by atoms with Crippen molar-refractivity contribution in [2.75, 3.05) is 11.1 Å². The number of anilines is 1. The van der Waals surface area contributed by atoms with Crippen LogP contribution in [0.4, 0.5) is 5.69 Å². The minimum absolute atomic E-state index is 0.178.